The van der Waals surface area contributed by atoms with Crippen LogP contribution in [0.4, 0.5) is 4.39 Å². The first-order valence-corrected chi connectivity index (χ1v) is 6.16. The van der Waals surface area contributed by atoms with E-state index < -0.39 is 11.8 Å². The van der Waals surface area contributed by atoms with E-state index >= 15 is 0 Å². The Morgan fingerprint density at radius 1 is 1.33 bits per heavy atom. The largest absolute Gasteiger partial charge is 0.489 e. The van der Waals surface area contributed by atoms with Gasteiger partial charge in [-0.1, -0.05) is 6.07 Å². The third-order valence-electron chi connectivity index (χ3n) is 3.01. The Hall–Kier alpha value is -2.87. The van der Waals surface area contributed by atoms with Crippen LogP contribution in [0.25, 0.3) is 0 Å². The van der Waals surface area contributed by atoms with E-state index in [0.717, 1.165) is 6.07 Å². The zero-order valence-electron chi connectivity index (χ0n) is 11.3. The van der Waals surface area contributed by atoms with Crippen molar-refractivity contribution in [1.82, 2.24) is 0 Å². The number of carboxylic acid groups (broad SMARTS) is 1. The smallest absolute Gasteiger partial charge is 0.335 e. The quantitative estimate of drug-likeness (QED) is 0.935. The maximum absolute atomic E-state index is 13.0. The number of benzene rings is 2. The van der Waals surface area contributed by atoms with Crippen LogP contribution in [0.3, 0.4) is 0 Å². The van der Waals surface area contributed by atoms with Crippen LogP contribution in [0.5, 0.6) is 5.75 Å². The highest BCUT2D eigenvalue weighted by Gasteiger charge is 2.09. The molecule has 2 aromatic rings. The van der Waals surface area contributed by atoms with Gasteiger partial charge >= 0.3 is 5.97 Å². The summed E-state index contributed by atoms with van der Waals surface area (Å²) in [5.41, 5.74) is 1.58. The average molecular weight is 285 g/mol. The normalized spacial score (nSPS) is 9.95. The topological polar surface area (TPSA) is 70.3 Å². The highest BCUT2D eigenvalue weighted by Crippen LogP contribution is 2.19. The summed E-state index contributed by atoms with van der Waals surface area (Å²) in [7, 11) is 0. The predicted molar refractivity (Wildman–Crippen MR) is 73.6 cm³/mol. The molecule has 0 fully saturated rings. The van der Waals surface area contributed by atoms with Crippen LogP contribution in [0.1, 0.15) is 27.0 Å². The number of halogens is 1. The second-order valence-electron chi connectivity index (χ2n) is 4.48. The molecule has 5 heteroatoms. The number of aryl methyl sites for hydroxylation is 1. The van der Waals surface area contributed by atoms with E-state index in [1.807, 2.05) is 6.07 Å². The average Bonchev–Trinajstić information content (AvgIpc) is 2.45. The van der Waals surface area contributed by atoms with Gasteiger partial charge in [-0.25, -0.2) is 9.18 Å². The molecule has 2 rings (SSSR count). The molecule has 0 unspecified atom stereocenters. The van der Waals surface area contributed by atoms with E-state index in [4.69, 9.17) is 15.1 Å². The summed E-state index contributed by atoms with van der Waals surface area (Å²) < 4.78 is 18.5. The van der Waals surface area contributed by atoms with Crippen LogP contribution in [0, 0.1) is 24.1 Å². The molecule has 0 bridgehead atoms. The molecule has 21 heavy (non-hydrogen) atoms. The molecule has 0 spiro atoms. The molecule has 0 aliphatic heterocycles. The van der Waals surface area contributed by atoms with Crippen molar-refractivity contribution >= 4 is 5.97 Å². The van der Waals surface area contributed by atoms with Gasteiger partial charge in [-0.2, -0.15) is 5.26 Å². The highest BCUT2D eigenvalue weighted by atomic mass is 19.1. The van der Waals surface area contributed by atoms with Crippen LogP contribution >= 0.6 is 0 Å². The first-order valence-electron chi connectivity index (χ1n) is 6.16. The summed E-state index contributed by atoms with van der Waals surface area (Å²) in [4.78, 5) is 10.9. The molecule has 1 N–H and O–H groups in total. The number of rotatable bonds is 4. The lowest BCUT2D eigenvalue weighted by molar-refractivity contribution is 0.0696. The molecule has 0 atom stereocenters. The van der Waals surface area contributed by atoms with Gasteiger partial charge in [0.15, 0.2) is 0 Å². The second-order valence-corrected chi connectivity index (χ2v) is 4.48. The Bertz CT molecular complexity index is 735. The molecular weight excluding hydrogens is 273 g/mol. The van der Waals surface area contributed by atoms with Gasteiger partial charge in [0.1, 0.15) is 18.2 Å². The van der Waals surface area contributed by atoms with Crippen molar-refractivity contribution in [3.8, 4) is 11.8 Å². The molecule has 2 aromatic carbocycles. The lowest BCUT2D eigenvalue weighted by atomic mass is 10.1. The highest BCUT2D eigenvalue weighted by molar-refractivity contribution is 5.89. The number of carbonyl (C=O) groups is 1. The third-order valence-corrected chi connectivity index (χ3v) is 3.01. The van der Waals surface area contributed by atoms with Crippen molar-refractivity contribution in [3.63, 3.8) is 0 Å². The lowest BCUT2D eigenvalue weighted by Crippen LogP contribution is -2.02. The van der Waals surface area contributed by atoms with Gasteiger partial charge in [0.25, 0.3) is 0 Å². The summed E-state index contributed by atoms with van der Waals surface area (Å²) in [5.74, 6) is -0.980. The molecule has 4 nitrogen and oxygen atoms in total. The standard InChI is InChI=1S/C16H12FNO3/c1-10-6-14(4-5-15(10)16(19)20)21-9-11-2-3-13(17)7-12(11)8-18/h2-7H,9H2,1H3,(H,19,20). The van der Waals surface area contributed by atoms with Gasteiger partial charge in [-0.05, 0) is 42.8 Å². The molecule has 0 radical (unpaired) electrons. The molecule has 0 aliphatic carbocycles. The monoisotopic (exact) mass is 285 g/mol. The first-order chi connectivity index (χ1) is 10.0. The van der Waals surface area contributed by atoms with Gasteiger partial charge in [0.05, 0.1) is 17.2 Å². The molecule has 0 saturated carbocycles. The van der Waals surface area contributed by atoms with Crippen molar-refractivity contribution < 1.29 is 19.0 Å². The van der Waals surface area contributed by atoms with Crippen LogP contribution in [0.15, 0.2) is 36.4 Å². The van der Waals surface area contributed by atoms with E-state index in [9.17, 15) is 9.18 Å². The number of nitriles is 1. The molecule has 0 amide bonds. The first kappa shape index (κ1) is 14.5. The number of aromatic carboxylic acids is 1. The second kappa shape index (κ2) is 6.06. The van der Waals surface area contributed by atoms with Crippen LogP contribution in [-0.2, 0) is 6.61 Å². The summed E-state index contributed by atoms with van der Waals surface area (Å²) >= 11 is 0. The fraction of sp³-hybridized carbons (Fsp3) is 0.125. The fourth-order valence-electron chi connectivity index (χ4n) is 1.91. The van der Waals surface area contributed by atoms with E-state index in [2.05, 4.69) is 0 Å². The molecule has 0 aromatic heterocycles. The number of hydrogen-bond donors (Lipinski definition) is 1. The van der Waals surface area contributed by atoms with E-state index in [-0.39, 0.29) is 17.7 Å². The zero-order valence-corrected chi connectivity index (χ0v) is 11.3. The van der Waals surface area contributed by atoms with Gasteiger partial charge in [0.2, 0.25) is 0 Å². The Morgan fingerprint density at radius 3 is 2.71 bits per heavy atom. The fourth-order valence-corrected chi connectivity index (χ4v) is 1.91. The SMILES string of the molecule is Cc1cc(OCc2ccc(F)cc2C#N)ccc1C(=O)O. The van der Waals surface area contributed by atoms with Gasteiger partial charge in [0, 0.05) is 5.56 Å². The Morgan fingerprint density at radius 2 is 2.10 bits per heavy atom. The minimum atomic E-state index is -0.996. The van der Waals surface area contributed by atoms with Gasteiger partial charge < -0.3 is 9.84 Å². The number of hydrogen-bond acceptors (Lipinski definition) is 3. The summed E-state index contributed by atoms with van der Waals surface area (Å²) in [6.45, 7) is 1.78. The third kappa shape index (κ3) is 3.37. The molecule has 0 saturated heterocycles. The summed E-state index contributed by atoms with van der Waals surface area (Å²) in [5, 5.41) is 17.9. The molecule has 106 valence electrons. The number of nitrogens with zero attached hydrogens (tertiary/aromatic N) is 1. The summed E-state index contributed by atoms with van der Waals surface area (Å²) in [6, 6.07) is 10.4. The van der Waals surface area contributed by atoms with Crippen molar-refractivity contribution in [2.75, 3.05) is 0 Å². The van der Waals surface area contributed by atoms with Gasteiger partial charge in [-0.3, -0.25) is 0 Å². The van der Waals surface area contributed by atoms with E-state index in [1.54, 1.807) is 19.1 Å². The maximum atomic E-state index is 13.0. The van der Waals surface area contributed by atoms with Crippen molar-refractivity contribution in [2.24, 2.45) is 0 Å². The molecule has 0 aliphatic rings. The Kier molecular flexibility index (Phi) is 4.19. The number of carboxylic acids is 1. The van der Waals surface area contributed by atoms with Gasteiger partial charge in [-0.15, -0.1) is 0 Å². The Balaban J connectivity index is 2.16. The zero-order chi connectivity index (χ0) is 15.4. The van der Waals surface area contributed by atoms with E-state index in [1.165, 1.54) is 18.2 Å². The lowest BCUT2D eigenvalue weighted by Gasteiger charge is -2.09. The minimum Gasteiger partial charge on any atom is -0.489 e. The molecule has 0 heterocycles. The maximum Gasteiger partial charge on any atom is 0.335 e. The van der Waals surface area contributed by atoms with Crippen molar-refractivity contribution in [3.05, 3.63) is 64.5 Å². The number of ether oxygens (including phenoxy) is 1. The van der Waals surface area contributed by atoms with E-state index in [0.29, 0.717) is 16.9 Å². The van der Waals surface area contributed by atoms with Crippen LogP contribution in [0.2, 0.25) is 0 Å². The molecular formula is C16H12FNO3. The summed E-state index contributed by atoms with van der Waals surface area (Å²) in [6.07, 6.45) is 0. The minimum absolute atomic E-state index is 0.106. The Labute approximate surface area is 121 Å². The van der Waals surface area contributed by atoms with Crippen LogP contribution < -0.4 is 4.74 Å². The van der Waals surface area contributed by atoms with Crippen molar-refractivity contribution in [1.29, 1.82) is 5.26 Å². The predicted octanol–water partition coefficient (Wildman–Crippen LogP) is 3.28. The van der Waals surface area contributed by atoms with Crippen LogP contribution in [-0.4, -0.2) is 11.1 Å². The van der Waals surface area contributed by atoms with Crippen molar-refractivity contribution in [2.45, 2.75) is 13.5 Å².